The van der Waals surface area contributed by atoms with Gasteiger partial charge in [-0.15, -0.1) is 0 Å². The van der Waals surface area contributed by atoms with Crippen molar-refractivity contribution in [2.75, 3.05) is 27.8 Å². The molecule has 0 spiro atoms. The molecule has 1 aliphatic heterocycles. The molecule has 1 aliphatic rings. The summed E-state index contributed by atoms with van der Waals surface area (Å²) in [4.78, 5) is 2.46. The van der Waals surface area contributed by atoms with Crippen LogP contribution in [0.25, 0.3) is 0 Å². The van der Waals surface area contributed by atoms with Gasteiger partial charge in [0, 0.05) is 12.6 Å². The molecule has 1 heterocycles. The minimum absolute atomic E-state index is 0.426. The fraction of sp³-hybridized carbons (Fsp3) is 0.429. The molecule has 0 amide bonds. The van der Waals surface area contributed by atoms with Crippen molar-refractivity contribution in [3.8, 4) is 11.5 Å². The van der Waals surface area contributed by atoms with E-state index in [9.17, 15) is 0 Å². The molecule has 24 heavy (non-hydrogen) atoms. The first-order valence-corrected chi connectivity index (χ1v) is 8.63. The number of hydrogen-bond acceptors (Lipinski definition) is 3. The highest BCUT2D eigenvalue weighted by Gasteiger charge is 2.26. The molecule has 3 nitrogen and oxygen atoms in total. The third-order valence-corrected chi connectivity index (χ3v) is 5.10. The Bertz CT molecular complexity index is 694. The van der Waals surface area contributed by atoms with E-state index >= 15 is 0 Å². The highest BCUT2D eigenvalue weighted by Crippen LogP contribution is 2.39. The lowest BCUT2D eigenvalue weighted by Crippen LogP contribution is -2.32. The molecule has 0 saturated carbocycles. The molecular weight excluding hydrogens is 298 g/mol. The number of likely N-dealkylation sites (N-methyl/N-ethyl adjacent to an activating group) is 1. The number of benzene rings is 2. The first kappa shape index (κ1) is 16.8. The highest BCUT2D eigenvalue weighted by molar-refractivity contribution is 5.49. The van der Waals surface area contributed by atoms with Crippen LogP contribution in [-0.2, 0) is 12.8 Å². The lowest BCUT2D eigenvalue weighted by molar-refractivity contribution is 0.218. The van der Waals surface area contributed by atoms with Crippen molar-refractivity contribution in [1.29, 1.82) is 0 Å². The third-order valence-electron chi connectivity index (χ3n) is 5.10. The quantitative estimate of drug-likeness (QED) is 0.823. The first-order valence-electron chi connectivity index (χ1n) is 8.63. The molecule has 3 rings (SSSR count). The van der Waals surface area contributed by atoms with E-state index in [1.54, 1.807) is 14.2 Å². The van der Waals surface area contributed by atoms with Gasteiger partial charge in [-0.25, -0.2) is 0 Å². The van der Waals surface area contributed by atoms with Crippen LogP contribution >= 0.6 is 0 Å². The number of ether oxygens (including phenoxy) is 2. The second kappa shape index (κ2) is 7.27. The van der Waals surface area contributed by atoms with E-state index in [2.05, 4.69) is 55.3 Å². The molecule has 0 radical (unpaired) electrons. The van der Waals surface area contributed by atoms with Gasteiger partial charge < -0.3 is 9.47 Å². The van der Waals surface area contributed by atoms with Crippen LogP contribution in [0.3, 0.4) is 0 Å². The summed E-state index contributed by atoms with van der Waals surface area (Å²) in [6, 6.07) is 13.6. The van der Waals surface area contributed by atoms with E-state index in [-0.39, 0.29) is 0 Å². The molecule has 0 fully saturated rings. The lowest BCUT2D eigenvalue weighted by Gasteiger charge is -2.35. The van der Waals surface area contributed by atoms with E-state index in [0.29, 0.717) is 6.04 Å². The van der Waals surface area contributed by atoms with Crippen LogP contribution in [0.1, 0.15) is 34.7 Å². The van der Waals surface area contributed by atoms with E-state index < -0.39 is 0 Å². The molecule has 1 atom stereocenters. The maximum Gasteiger partial charge on any atom is 0.161 e. The van der Waals surface area contributed by atoms with Crippen LogP contribution in [0.4, 0.5) is 0 Å². The van der Waals surface area contributed by atoms with Gasteiger partial charge in [0.1, 0.15) is 0 Å². The summed E-state index contributed by atoms with van der Waals surface area (Å²) in [5, 5.41) is 0. The van der Waals surface area contributed by atoms with Crippen LogP contribution in [0, 0.1) is 6.92 Å². The Morgan fingerprint density at radius 3 is 2.38 bits per heavy atom. The summed E-state index contributed by atoms with van der Waals surface area (Å²) in [6.07, 6.45) is 3.26. The van der Waals surface area contributed by atoms with Crippen LogP contribution < -0.4 is 9.47 Å². The standard InChI is InChI=1S/C21H27NO2/c1-15-5-7-16(8-6-15)9-10-19-18-14-21(24-4)20(23-3)13-17(18)11-12-22(19)2/h5-8,13-14,19H,9-12H2,1-4H3. The van der Waals surface area contributed by atoms with Gasteiger partial charge in [-0.1, -0.05) is 29.8 Å². The second-order valence-corrected chi connectivity index (χ2v) is 6.68. The zero-order valence-corrected chi connectivity index (χ0v) is 15.1. The minimum atomic E-state index is 0.426. The van der Waals surface area contributed by atoms with Crippen LogP contribution in [-0.4, -0.2) is 32.7 Å². The zero-order valence-electron chi connectivity index (χ0n) is 15.1. The Hall–Kier alpha value is -2.00. The number of methoxy groups -OCH3 is 2. The summed E-state index contributed by atoms with van der Waals surface area (Å²) < 4.78 is 11.0. The molecule has 3 heteroatoms. The fourth-order valence-corrected chi connectivity index (χ4v) is 3.59. The number of aryl methyl sites for hydroxylation is 2. The summed E-state index contributed by atoms with van der Waals surface area (Å²) in [6.45, 7) is 3.22. The average Bonchev–Trinajstić information content (AvgIpc) is 2.61. The van der Waals surface area contributed by atoms with Gasteiger partial charge in [-0.05, 0) is 62.1 Å². The molecule has 0 bridgehead atoms. The van der Waals surface area contributed by atoms with Crippen molar-refractivity contribution in [3.05, 3.63) is 58.7 Å². The molecule has 0 N–H and O–H groups in total. The Balaban J connectivity index is 1.84. The predicted octanol–water partition coefficient (Wildman–Crippen LogP) is 4.17. The van der Waals surface area contributed by atoms with Gasteiger partial charge in [-0.3, -0.25) is 4.90 Å². The largest absolute Gasteiger partial charge is 0.493 e. The lowest BCUT2D eigenvalue weighted by atomic mass is 9.88. The number of hydrogen-bond donors (Lipinski definition) is 0. The first-order chi connectivity index (χ1) is 11.6. The van der Waals surface area contributed by atoms with Gasteiger partial charge in [-0.2, -0.15) is 0 Å². The van der Waals surface area contributed by atoms with Crippen molar-refractivity contribution in [2.24, 2.45) is 0 Å². The maximum atomic E-state index is 5.52. The summed E-state index contributed by atoms with van der Waals surface area (Å²) >= 11 is 0. The molecule has 1 unspecified atom stereocenters. The number of fused-ring (bicyclic) bond motifs is 1. The van der Waals surface area contributed by atoms with Gasteiger partial charge in [0.15, 0.2) is 11.5 Å². The topological polar surface area (TPSA) is 21.7 Å². The van der Waals surface area contributed by atoms with Crippen molar-refractivity contribution in [2.45, 2.75) is 32.2 Å². The van der Waals surface area contributed by atoms with Crippen LogP contribution in [0.15, 0.2) is 36.4 Å². The SMILES string of the molecule is COc1cc2c(cc1OC)C(CCc1ccc(C)cc1)N(C)CC2. The van der Waals surface area contributed by atoms with Crippen LogP contribution in [0.2, 0.25) is 0 Å². The molecule has 0 aliphatic carbocycles. The molecule has 2 aromatic carbocycles. The fourth-order valence-electron chi connectivity index (χ4n) is 3.59. The molecule has 0 saturated heterocycles. The van der Waals surface area contributed by atoms with Crippen LogP contribution in [0.5, 0.6) is 11.5 Å². The second-order valence-electron chi connectivity index (χ2n) is 6.68. The Kier molecular flexibility index (Phi) is 5.10. The average molecular weight is 325 g/mol. The molecule has 2 aromatic rings. The summed E-state index contributed by atoms with van der Waals surface area (Å²) in [7, 11) is 5.63. The van der Waals surface area contributed by atoms with Crippen molar-refractivity contribution in [1.82, 2.24) is 4.90 Å². The maximum absolute atomic E-state index is 5.52. The van der Waals surface area contributed by atoms with Crippen molar-refractivity contribution < 1.29 is 9.47 Å². The highest BCUT2D eigenvalue weighted by atomic mass is 16.5. The Morgan fingerprint density at radius 1 is 1.04 bits per heavy atom. The Labute approximate surface area is 145 Å². The van der Waals surface area contributed by atoms with Crippen molar-refractivity contribution >= 4 is 0 Å². The van der Waals surface area contributed by atoms with Crippen molar-refractivity contribution in [3.63, 3.8) is 0 Å². The summed E-state index contributed by atoms with van der Waals surface area (Å²) in [5.41, 5.74) is 5.49. The van der Waals surface area contributed by atoms with Gasteiger partial charge in [0.05, 0.1) is 14.2 Å². The third kappa shape index (κ3) is 3.41. The van der Waals surface area contributed by atoms with E-state index in [0.717, 1.165) is 37.3 Å². The van der Waals surface area contributed by atoms with E-state index in [1.807, 2.05) is 0 Å². The Morgan fingerprint density at radius 2 is 1.71 bits per heavy atom. The predicted molar refractivity (Wildman–Crippen MR) is 98.1 cm³/mol. The summed E-state index contributed by atoms with van der Waals surface area (Å²) in [5.74, 6) is 1.66. The molecule has 128 valence electrons. The smallest absolute Gasteiger partial charge is 0.161 e. The molecule has 0 aromatic heterocycles. The van der Waals surface area contributed by atoms with E-state index in [1.165, 1.54) is 22.3 Å². The van der Waals surface area contributed by atoms with Gasteiger partial charge >= 0.3 is 0 Å². The van der Waals surface area contributed by atoms with E-state index in [4.69, 9.17) is 9.47 Å². The molecular formula is C21H27NO2. The van der Waals surface area contributed by atoms with Gasteiger partial charge in [0.25, 0.3) is 0 Å². The number of rotatable bonds is 5. The zero-order chi connectivity index (χ0) is 17.1. The normalized spacial score (nSPS) is 17.4. The number of nitrogens with zero attached hydrogens (tertiary/aromatic N) is 1. The monoisotopic (exact) mass is 325 g/mol. The van der Waals surface area contributed by atoms with Gasteiger partial charge in [0.2, 0.25) is 0 Å². The minimum Gasteiger partial charge on any atom is -0.493 e.